The Morgan fingerprint density at radius 3 is 2.56 bits per heavy atom. The number of aromatic nitrogens is 4. The fourth-order valence-corrected chi connectivity index (χ4v) is 1.63. The first kappa shape index (κ1) is 10.4. The maximum Gasteiger partial charge on any atom is 0.279 e. The molecule has 3 aromatic rings. The van der Waals surface area contributed by atoms with Crippen LogP contribution in [0.2, 0.25) is 0 Å². The third-order valence-electron chi connectivity index (χ3n) is 2.48. The monoisotopic (exact) mass is 240 g/mol. The van der Waals surface area contributed by atoms with E-state index in [0.29, 0.717) is 17.0 Å². The van der Waals surface area contributed by atoms with Gasteiger partial charge in [0.25, 0.3) is 5.56 Å². The smallest absolute Gasteiger partial charge is 0.279 e. The number of phenols is 1. The molecule has 2 N–H and O–H groups in total. The Morgan fingerprint density at radius 2 is 1.78 bits per heavy atom. The first-order chi connectivity index (χ1) is 8.74. The predicted molar refractivity (Wildman–Crippen MR) is 65.1 cm³/mol. The molecule has 0 amide bonds. The zero-order chi connectivity index (χ0) is 12.5. The number of hydrogen-bond donors (Lipinski definition) is 2. The van der Waals surface area contributed by atoms with Crippen molar-refractivity contribution in [1.29, 1.82) is 0 Å². The van der Waals surface area contributed by atoms with Crippen molar-refractivity contribution in [2.45, 2.75) is 0 Å². The zero-order valence-corrected chi connectivity index (χ0v) is 9.16. The van der Waals surface area contributed by atoms with Crippen molar-refractivity contribution in [2.75, 3.05) is 0 Å². The van der Waals surface area contributed by atoms with Crippen molar-refractivity contribution in [3.8, 4) is 17.1 Å². The standard InChI is InChI=1S/C12H8N4O2/c17-8-3-1-7(2-4-8)10-15-11-9(12(18)16-10)13-5-6-14-11/h1-6,17H,(H,14,15,16,18). The van der Waals surface area contributed by atoms with Gasteiger partial charge in [-0.2, -0.15) is 0 Å². The molecule has 6 nitrogen and oxygen atoms in total. The molecule has 2 aromatic heterocycles. The van der Waals surface area contributed by atoms with Gasteiger partial charge in [0, 0.05) is 18.0 Å². The first-order valence-electron chi connectivity index (χ1n) is 5.24. The summed E-state index contributed by atoms with van der Waals surface area (Å²) in [6.45, 7) is 0. The Kier molecular flexibility index (Phi) is 2.26. The van der Waals surface area contributed by atoms with Gasteiger partial charge in [-0.25, -0.2) is 15.0 Å². The van der Waals surface area contributed by atoms with Gasteiger partial charge in [0.1, 0.15) is 11.6 Å². The van der Waals surface area contributed by atoms with Crippen LogP contribution in [0.3, 0.4) is 0 Å². The highest BCUT2D eigenvalue weighted by Crippen LogP contribution is 2.18. The van der Waals surface area contributed by atoms with Crippen molar-refractivity contribution in [3.63, 3.8) is 0 Å². The van der Waals surface area contributed by atoms with Crippen molar-refractivity contribution >= 4 is 11.2 Å². The van der Waals surface area contributed by atoms with Crippen LogP contribution in [-0.2, 0) is 0 Å². The predicted octanol–water partition coefficient (Wildman–Crippen LogP) is 1.09. The lowest BCUT2D eigenvalue weighted by Crippen LogP contribution is -2.11. The highest BCUT2D eigenvalue weighted by Gasteiger charge is 2.07. The normalized spacial score (nSPS) is 10.7. The summed E-state index contributed by atoms with van der Waals surface area (Å²) in [5.41, 5.74) is 0.859. The summed E-state index contributed by atoms with van der Waals surface area (Å²) in [6, 6.07) is 6.37. The van der Waals surface area contributed by atoms with Crippen LogP contribution in [-0.4, -0.2) is 25.0 Å². The molecule has 18 heavy (non-hydrogen) atoms. The Balaban J connectivity index is 2.24. The number of phenolic OH excluding ortho intramolecular Hbond substituents is 1. The summed E-state index contributed by atoms with van der Waals surface area (Å²) in [6.07, 6.45) is 2.93. The van der Waals surface area contributed by atoms with E-state index in [-0.39, 0.29) is 16.8 Å². The number of hydrogen-bond acceptors (Lipinski definition) is 5. The van der Waals surface area contributed by atoms with Gasteiger partial charge in [-0.15, -0.1) is 0 Å². The van der Waals surface area contributed by atoms with Crippen LogP contribution in [0.5, 0.6) is 5.75 Å². The molecular formula is C12H8N4O2. The van der Waals surface area contributed by atoms with Gasteiger partial charge in [-0.3, -0.25) is 4.79 Å². The van der Waals surface area contributed by atoms with Gasteiger partial charge < -0.3 is 10.1 Å². The van der Waals surface area contributed by atoms with E-state index in [1.807, 2.05) is 0 Å². The highest BCUT2D eigenvalue weighted by molar-refractivity contribution is 5.71. The highest BCUT2D eigenvalue weighted by atomic mass is 16.3. The molecule has 0 bridgehead atoms. The van der Waals surface area contributed by atoms with Gasteiger partial charge >= 0.3 is 0 Å². The van der Waals surface area contributed by atoms with E-state index < -0.39 is 0 Å². The van der Waals surface area contributed by atoms with Crippen LogP contribution in [0, 0.1) is 0 Å². The van der Waals surface area contributed by atoms with E-state index >= 15 is 0 Å². The van der Waals surface area contributed by atoms with Crippen LogP contribution in [0.15, 0.2) is 41.5 Å². The summed E-state index contributed by atoms with van der Waals surface area (Å²) in [7, 11) is 0. The number of H-pyrrole nitrogens is 1. The zero-order valence-electron chi connectivity index (χ0n) is 9.16. The van der Waals surface area contributed by atoms with Gasteiger partial charge in [0.15, 0.2) is 11.2 Å². The fourth-order valence-electron chi connectivity index (χ4n) is 1.63. The Hall–Kier alpha value is -2.76. The summed E-state index contributed by atoms with van der Waals surface area (Å²) >= 11 is 0. The molecule has 2 heterocycles. The Morgan fingerprint density at radius 1 is 1.06 bits per heavy atom. The molecule has 0 aliphatic rings. The van der Waals surface area contributed by atoms with Crippen molar-refractivity contribution in [1.82, 2.24) is 19.9 Å². The number of benzene rings is 1. The third kappa shape index (κ3) is 1.69. The summed E-state index contributed by atoms with van der Waals surface area (Å²) < 4.78 is 0. The molecule has 3 rings (SSSR count). The average molecular weight is 240 g/mol. The van der Waals surface area contributed by atoms with Crippen LogP contribution in [0.4, 0.5) is 0 Å². The molecule has 88 valence electrons. The van der Waals surface area contributed by atoms with Crippen LogP contribution < -0.4 is 5.56 Å². The lowest BCUT2D eigenvalue weighted by molar-refractivity contribution is 0.475. The molecule has 6 heteroatoms. The number of nitrogens with zero attached hydrogens (tertiary/aromatic N) is 3. The van der Waals surface area contributed by atoms with E-state index in [1.54, 1.807) is 12.1 Å². The maximum absolute atomic E-state index is 11.8. The largest absolute Gasteiger partial charge is 0.508 e. The van der Waals surface area contributed by atoms with E-state index in [0.717, 1.165) is 0 Å². The third-order valence-corrected chi connectivity index (χ3v) is 2.48. The van der Waals surface area contributed by atoms with E-state index in [4.69, 9.17) is 0 Å². The lowest BCUT2D eigenvalue weighted by Gasteiger charge is -2.02. The van der Waals surface area contributed by atoms with Gasteiger partial charge in [0.05, 0.1) is 0 Å². The minimum Gasteiger partial charge on any atom is -0.508 e. The van der Waals surface area contributed by atoms with E-state index in [1.165, 1.54) is 24.5 Å². The molecule has 0 atom stereocenters. The second-order valence-corrected chi connectivity index (χ2v) is 3.69. The molecule has 1 aromatic carbocycles. The van der Waals surface area contributed by atoms with E-state index in [2.05, 4.69) is 19.9 Å². The molecule has 0 fully saturated rings. The number of aromatic amines is 1. The number of nitrogens with one attached hydrogen (secondary N) is 1. The number of fused-ring (bicyclic) bond motifs is 1. The van der Waals surface area contributed by atoms with Gasteiger partial charge in [-0.05, 0) is 24.3 Å². The van der Waals surface area contributed by atoms with Crippen molar-refractivity contribution in [2.24, 2.45) is 0 Å². The van der Waals surface area contributed by atoms with Crippen LogP contribution in [0.25, 0.3) is 22.6 Å². The quantitative estimate of drug-likeness (QED) is 0.664. The molecule has 0 saturated carbocycles. The average Bonchev–Trinajstić information content (AvgIpc) is 2.39. The fraction of sp³-hybridized carbons (Fsp3) is 0. The summed E-state index contributed by atoms with van der Waals surface area (Å²) in [5.74, 6) is 0.551. The molecule has 0 aliphatic heterocycles. The Labute approximate surface area is 101 Å². The van der Waals surface area contributed by atoms with Crippen LogP contribution >= 0.6 is 0 Å². The summed E-state index contributed by atoms with van der Waals surface area (Å²) in [4.78, 5) is 26.6. The van der Waals surface area contributed by atoms with Crippen molar-refractivity contribution in [3.05, 3.63) is 47.0 Å². The number of aromatic hydroxyl groups is 1. The second-order valence-electron chi connectivity index (χ2n) is 3.69. The first-order valence-corrected chi connectivity index (χ1v) is 5.24. The molecule has 0 unspecified atom stereocenters. The maximum atomic E-state index is 11.8. The molecule has 0 radical (unpaired) electrons. The number of rotatable bonds is 1. The molecule has 0 spiro atoms. The molecular weight excluding hydrogens is 232 g/mol. The van der Waals surface area contributed by atoms with Gasteiger partial charge in [0.2, 0.25) is 0 Å². The lowest BCUT2D eigenvalue weighted by atomic mass is 10.2. The minimum absolute atomic E-state index is 0.154. The van der Waals surface area contributed by atoms with Crippen molar-refractivity contribution < 1.29 is 5.11 Å². The Bertz CT molecular complexity index is 765. The van der Waals surface area contributed by atoms with E-state index in [9.17, 15) is 9.90 Å². The van der Waals surface area contributed by atoms with Gasteiger partial charge in [-0.1, -0.05) is 0 Å². The molecule has 0 saturated heterocycles. The van der Waals surface area contributed by atoms with Crippen LogP contribution in [0.1, 0.15) is 0 Å². The molecule has 0 aliphatic carbocycles. The second kappa shape index (κ2) is 3.92. The topological polar surface area (TPSA) is 91.8 Å². The summed E-state index contributed by atoms with van der Waals surface area (Å²) in [5, 5.41) is 9.22. The minimum atomic E-state index is -0.337. The SMILES string of the molecule is O=c1[nH]c(-c2ccc(O)cc2)nc2nccnc12.